The van der Waals surface area contributed by atoms with Crippen molar-refractivity contribution < 1.29 is 38.7 Å². The van der Waals surface area contributed by atoms with Crippen LogP contribution < -0.4 is 21.8 Å². The molecule has 0 atom stereocenters. The molecule has 12 nitrogen and oxygen atoms in total. The summed E-state index contributed by atoms with van der Waals surface area (Å²) in [7, 11) is 2.65. The fraction of sp³-hybridized carbons (Fsp3) is 0.121. The van der Waals surface area contributed by atoms with Gasteiger partial charge in [-0.3, -0.25) is 19.6 Å². The molecule has 6 N–H and O–H groups in total. The molecule has 0 aliphatic carbocycles. The number of carbonyl (C=O) groups excluding carboxylic acids is 5. The number of ether oxygens (including phenoxy) is 2. The number of hydrogen-bond acceptors (Lipinski definition) is 9. The molecule has 0 heterocycles. The van der Waals surface area contributed by atoms with Gasteiger partial charge in [0.1, 0.15) is 0 Å². The van der Waals surface area contributed by atoms with Crippen molar-refractivity contribution in [3.8, 4) is 0 Å². The maximum absolute atomic E-state index is 10.9. The monoisotopic (exact) mass is 616 g/mol. The summed E-state index contributed by atoms with van der Waals surface area (Å²) in [6.45, 7) is 2.84. The number of hydrogen-bond donors (Lipinski definition) is 5. The summed E-state index contributed by atoms with van der Waals surface area (Å²) in [5.74, 6) is -1.79. The summed E-state index contributed by atoms with van der Waals surface area (Å²) < 4.78 is 8.93. The van der Waals surface area contributed by atoms with E-state index in [1.54, 1.807) is 60.7 Å². The molecule has 3 aromatic carbocycles. The molecule has 0 saturated heterocycles. The van der Waals surface area contributed by atoms with Gasteiger partial charge in [0, 0.05) is 49.1 Å². The third-order valence-corrected chi connectivity index (χ3v) is 5.26. The van der Waals surface area contributed by atoms with Gasteiger partial charge in [-0.15, -0.1) is 0 Å². The maximum Gasteiger partial charge on any atom is 0.330 e. The van der Waals surface area contributed by atoms with E-state index in [1.165, 1.54) is 57.9 Å². The van der Waals surface area contributed by atoms with E-state index >= 15 is 0 Å². The highest BCUT2D eigenvalue weighted by Gasteiger charge is 2.02. The number of anilines is 3. The van der Waals surface area contributed by atoms with Crippen LogP contribution in [0.2, 0.25) is 0 Å². The Labute approximate surface area is 261 Å². The highest BCUT2D eigenvalue weighted by molar-refractivity contribution is 5.95. The predicted molar refractivity (Wildman–Crippen MR) is 173 cm³/mol. The summed E-state index contributed by atoms with van der Waals surface area (Å²) in [6.07, 6.45) is 8.53. The second kappa shape index (κ2) is 20.8. The lowest BCUT2D eigenvalue weighted by Crippen LogP contribution is -2.15. The topological polar surface area (TPSA) is 186 Å². The fourth-order valence-electron chi connectivity index (χ4n) is 3.21. The summed E-state index contributed by atoms with van der Waals surface area (Å²) >= 11 is 0. The number of methoxy groups -OCH3 is 2. The minimum absolute atomic E-state index is 0.154. The van der Waals surface area contributed by atoms with Crippen LogP contribution in [-0.2, 0) is 33.4 Å². The summed E-state index contributed by atoms with van der Waals surface area (Å²) in [4.78, 5) is 54.3. The Morgan fingerprint density at radius 1 is 0.622 bits per heavy atom. The SMILES string of the molecule is CC(=O)Nc1ccccc1/C=C/C(=O)NO.COC(=O)/C=C/c1ccccc1N.COC(=O)/C=C/c1ccccc1NC(C)=O. The number of nitrogen functional groups attached to an aromatic ring is 1. The van der Waals surface area contributed by atoms with E-state index in [4.69, 9.17) is 10.9 Å². The number of rotatable bonds is 8. The second-order valence-corrected chi connectivity index (χ2v) is 8.69. The molecule has 0 aromatic heterocycles. The largest absolute Gasteiger partial charge is 0.466 e. The van der Waals surface area contributed by atoms with E-state index in [9.17, 15) is 24.0 Å². The standard InChI is InChI=1S/C12H13NO3.C11H12N2O3.C10H11NO2/c1-9(14)13-11-6-4-3-5-10(11)7-8-12(15)16-2;1-8(14)12-10-5-3-2-4-9(10)6-7-11(15)13-16;1-13-10(12)7-6-8-4-2-3-5-9(8)11/h3-8H,1-2H3,(H,13,14);2-7,16H,1H3,(H,12,14)(H,13,15);2-7H,11H2,1H3/b8-7+;2*7-6+. The van der Waals surface area contributed by atoms with Crippen molar-refractivity contribution in [2.24, 2.45) is 0 Å². The number of benzene rings is 3. The van der Waals surface area contributed by atoms with Gasteiger partial charge >= 0.3 is 11.9 Å². The lowest BCUT2D eigenvalue weighted by molar-refractivity contribution is -0.135. The molecule has 3 amide bonds. The Hall–Kier alpha value is -6.01. The Balaban J connectivity index is 0.000000340. The number of hydroxylamine groups is 1. The number of esters is 2. The fourth-order valence-corrected chi connectivity index (χ4v) is 3.21. The number of para-hydroxylation sites is 3. The van der Waals surface area contributed by atoms with Gasteiger partial charge in [-0.25, -0.2) is 15.1 Å². The molecule has 236 valence electrons. The Kier molecular flexibility index (Phi) is 17.1. The van der Waals surface area contributed by atoms with Crippen LogP contribution in [0.5, 0.6) is 0 Å². The van der Waals surface area contributed by atoms with Crippen molar-refractivity contribution in [2.75, 3.05) is 30.6 Å². The number of amides is 3. The van der Waals surface area contributed by atoms with Crippen LogP contribution in [0.1, 0.15) is 30.5 Å². The second-order valence-electron chi connectivity index (χ2n) is 8.69. The number of carbonyl (C=O) groups is 5. The minimum Gasteiger partial charge on any atom is -0.466 e. The van der Waals surface area contributed by atoms with Gasteiger partial charge in [0.05, 0.1) is 14.2 Å². The first-order chi connectivity index (χ1) is 21.5. The van der Waals surface area contributed by atoms with Gasteiger partial charge in [0.15, 0.2) is 0 Å². The molecule has 0 spiro atoms. The van der Waals surface area contributed by atoms with Crippen molar-refractivity contribution in [2.45, 2.75) is 13.8 Å². The van der Waals surface area contributed by atoms with Crippen LogP contribution in [0.15, 0.2) is 91.0 Å². The lowest BCUT2D eigenvalue weighted by Gasteiger charge is -2.05. The molecule has 3 aromatic rings. The number of nitrogens with two attached hydrogens (primary N) is 1. The van der Waals surface area contributed by atoms with Crippen molar-refractivity contribution in [1.82, 2.24) is 5.48 Å². The van der Waals surface area contributed by atoms with Crippen molar-refractivity contribution >= 4 is 65.0 Å². The Morgan fingerprint density at radius 2 is 1.00 bits per heavy atom. The predicted octanol–water partition coefficient (Wildman–Crippen LogP) is 4.45. The molecule has 0 radical (unpaired) electrons. The van der Waals surface area contributed by atoms with Gasteiger partial charge in [-0.05, 0) is 53.1 Å². The average molecular weight is 617 g/mol. The normalized spacial score (nSPS) is 10.2. The van der Waals surface area contributed by atoms with Crippen LogP contribution in [-0.4, -0.2) is 49.1 Å². The van der Waals surface area contributed by atoms with Crippen molar-refractivity contribution in [3.05, 3.63) is 108 Å². The van der Waals surface area contributed by atoms with Gasteiger partial charge < -0.3 is 25.8 Å². The molecule has 3 rings (SSSR count). The molecule has 0 aliphatic heterocycles. The summed E-state index contributed by atoms with van der Waals surface area (Å²) in [6, 6.07) is 21.5. The molecule has 0 bridgehead atoms. The van der Waals surface area contributed by atoms with E-state index < -0.39 is 11.9 Å². The molecular formula is C33H36N4O8. The lowest BCUT2D eigenvalue weighted by atomic mass is 10.1. The van der Waals surface area contributed by atoms with Gasteiger partial charge in [-0.1, -0.05) is 54.6 Å². The molecule has 0 aliphatic rings. The van der Waals surface area contributed by atoms with Gasteiger partial charge in [-0.2, -0.15) is 0 Å². The molecule has 45 heavy (non-hydrogen) atoms. The minimum atomic E-state index is -0.627. The van der Waals surface area contributed by atoms with E-state index in [0.29, 0.717) is 22.6 Å². The first kappa shape index (κ1) is 37.0. The van der Waals surface area contributed by atoms with Gasteiger partial charge in [0.2, 0.25) is 11.8 Å². The highest BCUT2D eigenvalue weighted by Crippen LogP contribution is 2.17. The summed E-state index contributed by atoms with van der Waals surface area (Å²) in [5, 5.41) is 13.6. The number of nitrogens with one attached hydrogen (secondary N) is 3. The third kappa shape index (κ3) is 15.7. The Bertz CT molecular complexity index is 1470. The first-order valence-corrected chi connectivity index (χ1v) is 13.2. The molecule has 12 heteroatoms. The quantitative estimate of drug-likeness (QED) is 0.0801. The maximum atomic E-state index is 10.9. The Morgan fingerprint density at radius 3 is 1.40 bits per heavy atom. The van der Waals surface area contributed by atoms with Crippen molar-refractivity contribution in [1.29, 1.82) is 0 Å². The van der Waals surface area contributed by atoms with Crippen LogP contribution in [0.4, 0.5) is 17.1 Å². The molecular weight excluding hydrogens is 580 g/mol. The smallest absolute Gasteiger partial charge is 0.330 e. The van der Waals surface area contributed by atoms with E-state index in [1.807, 2.05) is 24.3 Å². The van der Waals surface area contributed by atoms with E-state index in [0.717, 1.165) is 11.1 Å². The van der Waals surface area contributed by atoms with E-state index in [2.05, 4.69) is 20.1 Å². The average Bonchev–Trinajstić information content (AvgIpc) is 3.03. The highest BCUT2D eigenvalue weighted by atomic mass is 16.5. The summed E-state index contributed by atoms with van der Waals surface area (Å²) in [5.41, 5.74) is 11.3. The van der Waals surface area contributed by atoms with Crippen LogP contribution in [0.3, 0.4) is 0 Å². The zero-order valence-corrected chi connectivity index (χ0v) is 25.3. The zero-order chi connectivity index (χ0) is 33.6. The first-order valence-electron chi connectivity index (χ1n) is 13.2. The molecule has 0 unspecified atom stereocenters. The molecule has 0 fully saturated rings. The molecule has 0 saturated carbocycles. The van der Waals surface area contributed by atoms with Crippen LogP contribution >= 0.6 is 0 Å². The van der Waals surface area contributed by atoms with Crippen LogP contribution in [0, 0.1) is 0 Å². The zero-order valence-electron chi connectivity index (χ0n) is 25.3. The van der Waals surface area contributed by atoms with E-state index in [-0.39, 0.29) is 17.8 Å². The third-order valence-electron chi connectivity index (χ3n) is 5.26. The van der Waals surface area contributed by atoms with Crippen LogP contribution in [0.25, 0.3) is 18.2 Å². The van der Waals surface area contributed by atoms with Crippen molar-refractivity contribution in [3.63, 3.8) is 0 Å². The van der Waals surface area contributed by atoms with Gasteiger partial charge in [0.25, 0.3) is 5.91 Å².